The molecule has 0 bridgehead atoms. The summed E-state index contributed by atoms with van der Waals surface area (Å²) in [6.45, 7) is 0. The van der Waals surface area contributed by atoms with Gasteiger partial charge in [0.05, 0.1) is 11.1 Å². The van der Waals surface area contributed by atoms with Crippen LogP contribution in [0, 0.1) is 0 Å². The van der Waals surface area contributed by atoms with Crippen LogP contribution in [-0.2, 0) is 0 Å². The Balaban J connectivity index is 1.76. The van der Waals surface area contributed by atoms with E-state index in [0.29, 0.717) is 5.88 Å². The van der Waals surface area contributed by atoms with Crippen LogP contribution in [0.2, 0.25) is 0 Å². The van der Waals surface area contributed by atoms with Crippen molar-refractivity contribution in [2.24, 2.45) is 10.1 Å². The fourth-order valence-electron chi connectivity index (χ4n) is 2.40. The van der Waals surface area contributed by atoms with Crippen molar-refractivity contribution in [1.82, 2.24) is 4.98 Å². The average molecular weight is 352 g/mol. The van der Waals surface area contributed by atoms with E-state index in [9.17, 15) is 0 Å². The third-order valence-corrected chi connectivity index (χ3v) is 3.84. The van der Waals surface area contributed by atoms with Crippen molar-refractivity contribution in [2.45, 2.75) is 0 Å². The predicted molar refractivity (Wildman–Crippen MR) is 87.9 cm³/mol. The second-order valence-corrected chi connectivity index (χ2v) is 5.71. The number of nitrogens with zero attached hydrogens (tertiary/aromatic N) is 3. The topological polar surface area (TPSA) is 46.8 Å². The monoisotopic (exact) mass is 351 g/mol. The van der Waals surface area contributed by atoms with Crippen LogP contribution in [0.1, 0.15) is 0 Å². The first-order valence-electron chi connectivity index (χ1n) is 6.75. The summed E-state index contributed by atoms with van der Waals surface area (Å²) in [5.74, 6) is 0.448. The lowest BCUT2D eigenvalue weighted by Gasteiger charge is -2.08. The molecule has 0 N–H and O–H groups in total. The van der Waals surface area contributed by atoms with Gasteiger partial charge in [-0.3, -0.25) is 0 Å². The van der Waals surface area contributed by atoms with E-state index >= 15 is 0 Å². The molecule has 4 rings (SSSR count). The Morgan fingerprint density at radius 3 is 2.86 bits per heavy atom. The molecule has 1 aromatic carbocycles. The molecule has 0 radical (unpaired) electrons. The zero-order valence-corrected chi connectivity index (χ0v) is 13.0. The Morgan fingerprint density at radius 1 is 1.09 bits per heavy atom. The van der Waals surface area contributed by atoms with Crippen LogP contribution in [0.15, 0.2) is 81.1 Å². The summed E-state index contributed by atoms with van der Waals surface area (Å²) in [5.41, 5.74) is 2.65. The fourth-order valence-corrected chi connectivity index (χ4v) is 2.63. The summed E-state index contributed by atoms with van der Waals surface area (Å²) in [5, 5.41) is 6.27. The van der Waals surface area contributed by atoms with Gasteiger partial charge >= 0.3 is 0 Å². The number of allylic oxidation sites excluding steroid dienone is 4. The number of hydrogen-bond donors (Lipinski definition) is 0. The lowest BCUT2D eigenvalue weighted by Crippen LogP contribution is -2.24. The van der Waals surface area contributed by atoms with Gasteiger partial charge in [-0.1, -0.05) is 29.4 Å². The third-order valence-electron chi connectivity index (χ3n) is 3.37. The van der Waals surface area contributed by atoms with Crippen LogP contribution in [0.3, 0.4) is 0 Å². The maximum absolute atomic E-state index is 5.44. The van der Waals surface area contributed by atoms with Crippen molar-refractivity contribution in [3.8, 4) is 5.88 Å². The molecule has 2 aliphatic rings. The SMILES string of the molecule is Brc1ccc(ON=C2C=CC=C3N=c4ccccc4=C32)nc1. The van der Waals surface area contributed by atoms with E-state index in [1.165, 1.54) is 0 Å². The van der Waals surface area contributed by atoms with Crippen molar-refractivity contribution >= 4 is 27.2 Å². The van der Waals surface area contributed by atoms with Crippen LogP contribution >= 0.6 is 15.9 Å². The van der Waals surface area contributed by atoms with E-state index in [4.69, 9.17) is 4.84 Å². The van der Waals surface area contributed by atoms with Gasteiger partial charge in [-0.05, 0) is 40.2 Å². The van der Waals surface area contributed by atoms with E-state index in [1.54, 1.807) is 12.3 Å². The second kappa shape index (κ2) is 5.35. The van der Waals surface area contributed by atoms with Gasteiger partial charge in [-0.15, -0.1) is 0 Å². The molecule has 0 unspecified atom stereocenters. The smallest absolute Gasteiger partial charge is 0.248 e. The first kappa shape index (κ1) is 13.2. The Labute approximate surface area is 135 Å². The largest absolute Gasteiger partial charge is 0.336 e. The molecule has 0 fully saturated rings. The maximum Gasteiger partial charge on any atom is 0.248 e. The molecule has 0 saturated heterocycles. The number of fused-ring (bicyclic) bond motifs is 2. The fraction of sp³-hybridized carbons (Fsp3) is 0. The lowest BCUT2D eigenvalue weighted by molar-refractivity contribution is 0.328. The minimum Gasteiger partial charge on any atom is -0.336 e. The maximum atomic E-state index is 5.44. The number of hydrogen-bond acceptors (Lipinski definition) is 4. The Hall–Kier alpha value is -2.53. The molecule has 1 aliphatic carbocycles. The Morgan fingerprint density at radius 2 is 2.00 bits per heavy atom. The Bertz CT molecular complexity index is 956. The van der Waals surface area contributed by atoms with Crippen molar-refractivity contribution < 1.29 is 4.84 Å². The molecule has 1 aromatic heterocycles. The van der Waals surface area contributed by atoms with E-state index in [-0.39, 0.29) is 0 Å². The zero-order valence-electron chi connectivity index (χ0n) is 11.4. The van der Waals surface area contributed by atoms with E-state index in [1.807, 2.05) is 48.6 Å². The van der Waals surface area contributed by atoms with Crippen LogP contribution < -0.4 is 15.4 Å². The summed E-state index contributed by atoms with van der Waals surface area (Å²) < 4.78 is 0.896. The molecule has 0 spiro atoms. The summed E-state index contributed by atoms with van der Waals surface area (Å²) in [4.78, 5) is 14.2. The van der Waals surface area contributed by atoms with Crippen LogP contribution in [0.25, 0.3) is 5.57 Å². The van der Waals surface area contributed by atoms with Gasteiger partial charge in [0.25, 0.3) is 0 Å². The number of pyridine rings is 1. The number of aromatic nitrogens is 1. The van der Waals surface area contributed by atoms with Gasteiger partial charge in [0.1, 0.15) is 5.71 Å². The molecule has 0 amide bonds. The summed E-state index contributed by atoms with van der Waals surface area (Å²) in [6.07, 6.45) is 7.48. The van der Waals surface area contributed by atoms with Gasteiger partial charge in [0, 0.05) is 27.5 Å². The van der Waals surface area contributed by atoms with Crippen molar-refractivity contribution in [1.29, 1.82) is 0 Å². The third kappa shape index (κ3) is 2.29. The highest BCUT2D eigenvalue weighted by atomic mass is 79.9. The molecule has 2 aromatic rings. The van der Waals surface area contributed by atoms with Crippen molar-refractivity contribution in [3.05, 3.63) is 81.6 Å². The minimum absolute atomic E-state index is 0.448. The molecule has 0 atom stereocenters. The molecule has 22 heavy (non-hydrogen) atoms. The number of benzene rings is 1. The molecule has 2 heterocycles. The van der Waals surface area contributed by atoms with Crippen molar-refractivity contribution in [3.63, 3.8) is 0 Å². The average Bonchev–Trinajstić information content (AvgIpc) is 2.93. The first-order chi connectivity index (χ1) is 10.8. The molecule has 106 valence electrons. The van der Waals surface area contributed by atoms with Crippen LogP contribution in [0.4, 0.5) is 0 Å². The molecule has 5 heteroatoms. The highest BCUT2D eigenvalue weighted by Gasteiger charge is 2.19. The van der Waals surface area contributed by atoms with E-state index in [2.05, 4.69) is 31.1 Å². The highest BCUT2D eigenvalue weighted by Crippen LogP contribution is 2.21. The number of oxime groups is 1. The molecule has 4 nitrogen and oxygen atoms in total. The van der Waals surface area contributed by atoms with E-state index < -0.39 is 0 Å². The van der Waals surface area contributed by atoms with Gasteiger partial charge < -0.3 is 4.84 Å². The standard InChI is InChI=1S/C17H10BrN3O/c18-11-8-9-16(19-10-11)22-21-15-7-3-6-14-17(15)12-4-1-2-5-13(12)20-14/h1-10H. The van der Waals surface area contributed by atoms with E-state index in [0.717, 1.165) is 32.0 Å². The minimum atomic E-state index is 0.448. The Kier molecular flexibility index (Phi) is 3.20. The number of para-hydroxylation sites is 1. The van der Waals surface area contributed by atoms with Gasteiger partial charge in [-0.2, -0.15) is 0 Å². The number of rotatable bonds is 2. The quantitative estimate of drug-likeness (QED) is 0.780. The summed E-state index contributed by atoms with van der Waals surface area (Å²) in [6, 6.07) is 11.6. The molecular formula is C17H10BrN3O. The summed E-state index contributed by atoms with van der Waals surface area (Å²) in [7, 11) is 0. The highest BCUT2D eigenvalue weighted by molar-refractivity contribution is 9.10. The first-order valence-corrected chi connectivity index (χ1v) is 7.54. The van der Waals surface area contributed by atoms with Gasteiger partial charge in [-0.25, -0.2) is 9.98 Å². The number of halogens is 1. The molecule has 0 saturated carbocycles. The predicted octanol–water partition coefficient (Wildman–Crippen LogP) is 2.52. The van der Waals surface area contributed by atoms with Gasteiger partial charge in [0.15, 0.2) is 0 Å². The molecular weight excluding hydrogens is 342 g/mol. The van der Waals surface area contributed by atoms with Crippen molar-refractivity contribution in [2.75, 3.05) is 0 Å². The summed E-state index contributed by atoms with van der Waals surface area (Å²) >= 11 is 3.34. The second-order valence-electron chi connectivity index (χ2n) is 4.80. The van der Waals surface area contributed by atoms with Crippen LogP contribution in [-0.4, -0.2) is 10.7 Å². The van der Waals surface area contributed by atoms with Gasteiger partial charge in [0.2, 0.25) is 5.88 Å². The normalized spacial score (nSPS) is 16.9. The lowest BCUT2D eigenvalue weighted by atomic mass is 10.0. The van der Waals surface area contributed by atoms with Crippen LogP contribution in [0.5, 0.6) is 5.88 Å². The zero-order chi connectivity index (χ0) is 14.9. The molecule has 1 aliphatic heterocycles.